The molecular weight excluding hydrogens is 300 g/mol. The fourth-order valence-corrected chi connectivity index (χ4v) is 3.15. The van der Waals surface area contributed by atoms with Crippen LogP contribution < -0.4 is 5.32 Å². The number of rotatable bonds is 11. The average molecular weight is 341 g/mol. The molecule has 0 unspecified atom stereocenters. The Kier molecular flexibility index (Phi) is 11.9. The number of aliphatic imine (C=N–C) groups is 1. The smallest absolute Gasteiger partial charge is 0.193 e. The normalized spacial score (nSPS) is 16.9. The number of ether oxygens (including phenoxy) is 1. The number of guanidine groups is 1. The highest BCUT2D eigenvalue weighted by Gasteiger charge is 2.21. The predicted octanol–water partition coefficient (Wildman–Crippen LogP) is 2.96. The molecular formula is C19H40N4O. The standard InChI is InChI=1S/C19H40N4O/c1-5-20-19(23-16-12-18(13-17-23)24-6-2)21-14-10-8-7-9-11-15-22(3)4/h18H,5-17H2,1-4H3,(H,20,21). The number of unbranched alkanes of at least 4 members (excludes halogenated alkanes) is 4. The highest BCUT2D eigenvalue weighted by molar-refractivity contribution is 5.80. The number of nitrogens with zero attached hydrogens (tertiary/aromatic N) is 3. The molecule has 24 heavy (non-hydrogen) atoms. The first-order valence-electron chi connectivity index (χ1n) is 9.97. The number of piperidine rings is 1. The summed E-state index contributed by atoms with van der Waals surface area (Å²) in [5.41, 5.74) is 0. The Hall–Kier alpha value is -0.810. The van der Waals surface area contributed by atoms with Crippen molar-refractivity contribution in [2.75, 3.05) is 53.4 Å². The second-order valence-electron chi connectivity index (χ2n) is 6.95. The highest BCUT2D eigenvalue weighted by atomic mass is 16.5. The summed E-state index contributed by atoms with van der Waals surface area (Å²) < 4.78 is 5.74. The van der Waals surface area contributed by atoms with Crippen LogP contribution in [0.3, 0.4) is 0 Å². The van der Waals surface area contributed by atoms with Gasteiger partial charge in [0, 0.05) is 32.8 Å². The van der Waals surface area contributed by atoms with E-state index in [2.05, 4.69) is 43.1 Å². The molecule has 0 saturated carbocycles. The van der Waals surface area contributed by atoms with Gasteiger partial charge in [-0.05, 0) is 60.2 Å². The van der Waals surface area contributed by atoms with Crippen LogP contribution in [0.5, 0.6) is 0 Å². The van der Waals surface area contributed by atoms with Crippen LogP contribution in [0.4, 0.5) is 0 Å². The summed E-state index contributed by atoms with van der Waals surface area (Å²) in [6.07, 6.45) is 9.15. The molecule has 1 aliphatic rings. The van der Waals surface area contributed by atoms with E-state index in [1.165, 1.54) is 38.6 Å². The molecule has 5 nitrogen and oxygen atoms in total. The Bertz CT molecular complexity index is 325. The largest absolute Gasteiger partial charge is 0.378 e. The summed E-state index contributed by atoms with van der Waals surface area (Å²) in [5.74, 6) is 1.10. The SMILES string of the molecule is CCNC(=NCCCCCCCN(C)C)N1CCC(OCC)CC1. The van der Waals surface area contributed by atoms with Crippen molar-refractivity contribution in [1.29, 1.82) is 0 Å². The lowest BCUT2D eigenvalue weighted by Crippen LogP contribution is -2.47. The van der Waals surface area contributed by atoms with Crippen LogP contribution in [0.1, 0.15) is 58.8 Å². The van der Waals surface area contributed by atoms with Crippen LogP contribution in [0.2, 0.25) is 0 Å². The lowest BCUT2D eigenvalue weighted by Gasteiger charge is -2.34. The lowest BCUT2D eigenvalue weighted by atomic mass is 10.1. The molecule has 5 heteroatoms. The van der Waals surface area contributed by atoms with E-state index in [4.69, 9.17) is 9.73 Å². The maximum Gasteiger partial charge on any atom is 0.193 e. The van der Waals surface area contributed by atoms with Crippen LogP contribution in [0.15, 0.2) is 4.99 Å². The number of nitrogens with one attached hydrogen (secondary N) is 1. The number of hydrogen-bond acceptors (Lipinski definition) is 3. The van der Waals surface area contributed by atoms with E-state index >= 15 is 0 Å². The van der Waals surface area contributed by atoms with Crippen molar-refractivity contribution in [3.8, 4) is 0 Å². The van der Waals surface area contributed by atoms with E-state index in [-0.39, 0.29) is 0 Å². The maximum absolute atomic E-state index is 5.74. The zero-order valence-corrected chi connectivity index (χ0v) is 16.5. The van der Waals surface area contributed by atoms with E-state index in [1.807, 2.05) is 0 Å². The second kappa shape index (κ2) is 13.5. The quantitative estimate of drug-likeness (QED) is 0.357. The Labute approximate surface area is 149 Å². The molecule has 1 N–H and O–H groups in total. The minimum Gasteiger partial charge on any atom is -0.378 e. The third-order valence-corrected chi connectivity index (χ3v) is 4.50. The molecule has 0 radical (unpaired) electrons. The van der Waals surface area contributed by atoms with Crippen molar-refractivity contribution >= 4 is 5.96 Å². The third-order valence-electron chi connectivity index (χ3n) is 4.50. The van der Waals surface area contributed by atoms with E-state index in [0.717, 1.165) is 51.6 Å². The van der Waals surface area contributed by atoms with Crippen molar-refractivity contribution in [2.45, 2.75) is 64.9 Å². The lowest BCUT2D eigenvalue weighted by molar-refractivity contribution is 0.0264. The second-order valence-corrected chi connectivity index (χ2v) is 6.95. The summed E-state index contributed by atoms with van der Waals surface area (Å²) >= 11 is 0. The number of hydrogen-bond donors (Lipinski definition) is 1. The first-order valence-corrected chi connectivity index (χ1v) is 9.97. The van der Waals surface area contributed by atoms with Gasteiger partial charge in [-0.1, -0.05) is 19.3 Å². The molecule has 1 saturated heterocycles. The molecule has 142 valence electrons. The average Bonchev–Trinajstić information content (AvgIpc) is 2.57. The molecule has 0 aromatic heterocycles. The van der Waals surface area contributed by atoms with Gasteiger partial charge in [-0.15, -0.1) is 0 Å². The van der Waals surface area contributed by atoms with Gasteiger partial charge in [-0.25, -0.2) is 0 Å². The van der Waals surface area contributed by atoms with Crippen molar-refractivity contribution < 1.29 is 4.74 Å². The van der Waals surface area contributed by atoms with Crippen LogP contribution in [0.25, 0.3) is 0 Å². The fraction of sp³-hybridized carbons (Fsp3) is 0.947. The summed E-state index contributed by atoms with van der Waals surface area (Å²) in [6.45, 7) is 10.3. The Morgan fingerprint density at radius 2 is 1.75 bits per heavy atom. The van der Waals surface area contributed by atoms with Gasteiger partial charge in [0.15, 0.2) is 5.96 Å². The summed E-state index contributed by atoms with van der Waals surface area (Å²) in [6, 6.07) is 0. The Morgan fingerprint density at radius 1 is 1.08 bits per heavy atom. The Balaban J connectivity index is 2.21. The van der Waals surface area contributed by atoms with Gasteiger partial charge < -0.3 is 19.9 Å². The minimum atomic E-state index is 0.441. The van der Waals surface area contributed by atoms with Crippen molar-refractivity contribution in [3.05, 3.63) is 0 Å². The van der Waals surface area contributed by atoms with E-state index in [0.29, 0.717) is 6.10 Å². The summed E-state index contributed by atoms with van der Waals surface area (Å²) in [4.78, 5) is 9.50. The van der Waals surface area contributed by atoms with Gasteiger partial charge in [0.25, 0.3) is 0 Å². The van der Waals surface area contributed by atoms with Crippen LogP contribution in [-0.4, -0.2) is 75.3 Å². The summed E-state index contributed by atoms with van der Waals surface area (Å²) in [7, 11) is 4.29. The fourth-order valence-electron chi connectivity index (χ4n) is 3.15. The van der Waals surface area contributed by atoms with E-state index < -0.39 is 0 Å². The maximum atomic E-state index is 5.74. The van der Waals surface area contributed by atoms with Crippen molar-refractivity contribution in [2.24, 2.45) is 4.99 Å². The molecule has 0 amide bonds. The topological polar surface area (TPSA) is 40.1 Å². The molecule has 0 aromatic rings. The summed E-state index contributed by atoms with van der Waals surface area (Å²) in [5, 5.41) is 3.45. The van der Waals surface area contributed by atoms with Crippen LogP contribution in [-0.2, 0) is 4.74 Å². The molecule has 0 bridgehead atoms. The number of likely N-dealkylation sites (tertiary alicyclic amines) is 1. The van der Waals surface area contributed by atoms with Gasteiger partial charge in [0.2, 0.25) is 0 Å². The monoisotopic (exact) mass is 340 g/mol. The van der Waals surface area contributed by atoms with Gasteiger partial charge >= 0.3 is 0 Å². The van der Waals surface area contributed by atoms with E-state index in [1.54, 1.807) is 0 Å². The molecule has 0 atom stereocenters. The molecule has 1 aliphatic heterocycles. The van der Waals surface area contributed by atoms with Gasteiger partial charge in [0.1, 0.15) is 0 Å². The Morgan fingerprint density at radius 3 is 2.38 bits per heavy atom. The zero-order valence-electron chi connectivity index (χ0n) is 16.5. The molecule has 1 heterocycles. The van der Waals surface area contributed by atoms with Gasteiger partial charge in [0.05, 0.1) is 6.10 Å². The first-order chi connectivity index (χ1) is 11.7. The van der Waals surface area contributed by atoms with Crippen molar-refractivity contribution in [1.82, 2.24) is 15.1 Å². The molecule has 1 rings (SSSR count). The zero-order chi connectivity index (χ0) is 17.6. The predicted molar refractivity (Wildman–Crippen MR) is 104 cm³/mol. The molecule has 0 spiro atoms. The minimum absolute atomic E-state index is 0.441. The van der Waals surface area contributed by atoms with Gasteiger partial charge in [-0.2, -0.15) is 0 Å². The highest BCUT2D eigenvalue weighted by Crippen LogP contribution is 2.14. The molecule has 0 aliphatic carbocycles. The van der Waals surface area contributed by atoms with Crippen LogP contribution in [0, 0.1) is 0 Å². The van der Waals surface area contributed by atoms with Crippen LogP contribution >= 0.6 is 0 Å². The van der Waals surface area contributed by atoms with Gasteiger partial charge in [-0.3, -0.25) is 4.99 Å². The van der Waals surface area contributed by atoms with Crippen molar-refractivity contribution in [3.63, 3.8) is 0 Å². The molecule has 1 fully saturated rings. The first kappa shape index (κ1) is 21.2. The molecule has 0 aromatic carbocycles. The third kappa shape index (κ3) is 9.48. The van der Waals surface area contributed by atoms with E-state index in [9.17, 15) is 0 Å².